The highest BCUT2D eigenvalue weighted by Crippen LogP contribution is 2.31. The maximum absolute atomic E-state index is 11.5. The van der Waals surface area contributed by atoms with E-state index in [1.165, 1.54) is 25.7 Å². The number of Topliss-reactive ketones (excluding diaryl/α,β-unsaturated/α-hetero) is 1. The zero-order valence-corrected chi connectivity index (χ0v) is 10.1. The van der Waals surface area contributed by atoms with Crippen LogP contribution in [-0.4, -0.2) is 15.6 Å². The maximum atomic E-state index is 11.5. The van der Waals surface area contributed by atoms with E-state index in [0.29, 0.717) is 12.5 Å². The average Bonchev–Trinajstić information content (AvgIpc) is 2.78. The van der Waals surface area contributed by atoms with Crippen LogP contribution < -0.4 is 0 Å². The van der Waals surface area contributed by atoms with Gasteiger partial charge in [0.1, 0.15) is 0 Å². The molecular weight excluding hydrogens is 200 g/mol. The van der Waals surface area contributed by atoms with Crippen molar-refractivity contribution in [3.8, 4) is 0 Å². The van der Waals surface area contributed by atoms with Crippen LogP contribution in [0, 0.1) is 5.92 Å². The Morgan fingerprint density at radius 3 is 2.75 bits per heavy atom. The van der Waals surface area contributed by atoms with Gasteiger partial charge < -0.3 is 0 Å². The summed E-state index contributed by atoms with van der Waals surface area (Å²) in [6, 6.07) is 0.509. The minimum Gasteiger partial charge on any atom is -0.294 e. The molecule has 0 amide bonds. The molecule has 0 N–H and O–H groups in total. The van der Waals surface area contributed by atoms with Crippen LogP contribution in [0.25, 0.3) is 0 Å². The van der Waals surface area contributed by atoms with Gasteiger partial charge in [0.25, 0.3) is 0 Å². The summed E-state index contributed by atoms with van der Waals surface area (Å²) < 4.78 is 1.99. The van der Waals surface area contributed by atoms with E-state index in [9.17, 15) is 4.79 Å². The quantitative estimate of drug-likeness (QED) is 0.733. The molecule has 0 atom stereocenters. The van der Waals surface area contributed by atoms with Gasteiger partial charge in [0.2, 0.25) is 0 Å². The minimum absolute atomic E-state index is 0.190. The molecule has 0 aromatic carbocycles. The molecule has 1 aliphatic carbocycles. The lowest BCUT2D eigenvalue weighted by Gasteiger charge is -2.26. The Bertz CT molecular complexity index is 362. The topological polar surface area (TPSA) is 34.9 Å². The van der Waals surface area contributed by atoms with Crippen molar-refractivity contribution < 1.29 is 4.79 Å². The van der Waals surface area contributed by atoms with Crippen LogP contribution in [0.1, 0.15) is 62.4 Å². The van der Waals surface area contributed by atoms with Crippen molar-refractivity contribution in [3.63, 3.8) is 0 Å². The Kier molecular flexibility index (Phi) is 3.42. The van der Waals surface area contributed by atoms with Crippen LogP contribution in [0.4, 0.5) is 0 Å². The number of nitrogens with zero attached hydrogens (tertiary/aromatic N) is 2. The molecular formula is C13H20N2O. The number of hydrogen-bond donors (Lipinski definition) is 0. The van der Waals surface area contributed by atoms with E-state index in [2.05, 4.69) is 12.0 Å². The second-order valence-corrected chi connectivity index (χ2v) is 4.90. The molecule has 88 valence electrons. The van der Waals surface area contributed by atoms with Gasteiger partial charge >= 0.3 is 0 Å². The molecule has 0 unspecified atom stereocenters. The first-order valence-corrected chi connectivity index (χ1v) is 6.28. The molecule has 0 aliphatic heterocycles. The van der Waals surface area contributed by atoms with Gasteiger partial charge in [-0.05, 0) is 31.6 Å². The van der Waals surface area contributed by atoms with Crippen molar-refractivity contribution in [2.75, 3.05) is 0 Å². The molecule has 1 fully saturated rings. The monoisotopic (exact) mass is 220 g/mol. The predicted octanol–water partition coefficient (Wildman–Crippen LogP) is 3.23. The SMILES string of the molecule is CCC(=O)c1cnn(C2CCC(C)CC2)c1. The summed E-state index contributed by atoms with van der Waals surface area (Å²) >= 11 is 0. The molecule has 0 radical (unpaired) electrons. The number of hydrogen-bond acceptors (Lipinski definition) is 2. The molecule has 0 spiro atoms. The molecule has 1 saturated carbocycles. The fourth-order valence-electron chi connectivity index (χ4n) is 2.39. The van der Waals surface area contributed by atoms with Gasteiger partial charge in [0.15, 0.2) is 5.78 Å². The molecule has 1 aromatic rings. The largest absolute Gasteiger partial charge is 0.294 e. The molecule has 0 saturated heterocycles. The maximum Gasteiger partial charge on any atom is 0.165 e. The van der Waals surface area contributed by atoms with E-state index in [1.807, 2.05) is 17.8 Å². The Morgan fingerprint density at radius 2 is 2.12 bits per heavy atom. The van der Waals surface area contributed by atoms with Gasteiger partial charge in [-0.1, -0.05) is 13.8 Å². The molecule has 1 heterocycles. The molecule has 3 heteroatoms. The van der Waals surface area contributed by atoms with Crippen molar-refractivity contribution in [3.05, 3.63) is 18.0 Å². The highest BCUT2D eigenvalue weighted by atomic mass is 16.1. The second-order valence-electron chi connectivity index (χ2n) is 4.90. The van der Waals surface area contributed by atoms with E-state index in [0.717, 1.165) is 11.5 Å². The summed E-state index contributed by atoms with van der Waals surface area (Å²) in [5.41, 5.74) is 0.765. The van der Waals surface area contributed by atoms with Gasteiger partial charge in [0.05, 0.1) is 17.8 Å². The van der Waals surface area contributed by atoms with Crippen LogP contribution in [0.5, 0.6) is 0 Å². The molecule has 2 rings (SSSR count). The zero-order valence-electron chi connectivity index (χ0n) is 10.1. The first kappa shape index (κ1) is 11.4. The number of aromatic nitrogens is 2. The van der Waals surface area contributed by atoms with Gasteiger partial charge in [0, 0.05) is 12.6 Å². The summed E-state index contributed by atoms with van der Waals surface area (Å²) in [6.07, 6.45) is 9.15. The molecule has 16 heavy (non-hydrogen) atoms. The fourth-order valence-corrected chi connectivity index (χ4v) is 2.39. The number of carbonyl (C=O) groups is 1. The van der Waals surface area contributed by atoms with E-state index in [-0.39, 0.29) is 5.78 Å². The lowest BCUT2D eigenvalue weighted by atomic mass is 9.87. The summed E-state index contributed by atoms with van der Waals surface area (Å²) in [7, 11) is 0. The van der Waals surface area contributed by atoms with Crippen LogP contribution in [-0.2, 0) is 0 Å². The van der Waals surface area contributed by atoms with Gasteiger partial charge in [-0.3, -0.25) is 9.48 Å². The lowest BCUT2D eigenvalue weighted by Crippen LogP contribution is -2.17. The highest BCUT2D eigenvalue weighted by Gasteiger charge is 2.20. The zero-order chi connectivity index (χ0) is 11.5. The van der Waals surface area contributed by atoms with Gasteiger partial charge in [-0.25, -0.2) is 0 Å². The first-order valence-electron chi connectivity index (χ1n) is 6.28. The number of rotatable bonds is 3. The smallest absolute Gasteiger partial charge is 0.165 e. The van der Waals surface area contributed by atoms with Crippen LogP contribution in [0.3, 0.4) is 0 Å². The minimum atomic E-state index is 0.190. The van der Waals surface area contributed by atoms with Crippen molar-refractivity contribution in [1.29, 1.82) is 0 Å². The Balaban J connectivity index is 2.04. The standard InChI is InChI=1S/C13H20N2O/c1-3-13(16)11-8-14-15(9-11)12-6-4-10(2)5-7-12/h8-10,12H,3-7H2,1-2H3. The summed E-state index contributed by atoms with van der Waals surface area (Å²) in [6.45, 7) is 4.20. The van der Waals surface area contributed by atoms with Crippen molar-refractivity contribution in [2.24, 2.45) is 5.92 Å². The van der Waals surface area contributed by atoms with Crippen molar-refractivity contribution in [1.82, 2.24) is 9.78 Å². The molecule has 1 aromatic heterocycles. The highest BCUT2D eigenvalue weighted by molar-refractivity contribution is 5.95. The van der Waals surface area contributed by atoms with E-state index >= 15 is 0 Å². The van der Waals surface area contributed by atoms with E-state index in [1.54, 1.807) is 6.20 Å². The van der Waals surface area contributed by atoms with E-state index in [4.69, 9.17) is 0 Å². The first-order chi connectivity index (χ1) is 7.70. The summed E-state index contributed by atoms with van der Waals surface area (Å²) in [5, 5.41) is 4.33. The summed E-state index contributed by atoms with van der Waals surface area (Å²) in [4.78, 5) is 11.5. The fraction of sp³-hybridized carbons (Fsp3) is 0.692. The lowest BCUT2D eigenvalue weighted by molar-refractivity contribution is 0.0988. The Hall–Kier alpha value is -1.12. The number of carbonyl (C=O) groups excluding carboxylic acids is 1. The molecule has 1 aliphatic rings. The van der Waals surface area contributed by atoms with Crippen molar-refractivity contribution in [2.45, 2.75) is 52.0 Å². The van der Waals surface area contributed by atoms with Gasteiger partial charge in [-0.15, -0.1) is 0 Å². The van der Waals surface area contributed by atoms with Crippen LogP contribution >= 0.6 is 0 Å². The van der Waals surface area contributed by atoms with Crippen LogP contribution in [0.2, 0.25) is 0 Å². The second kappa shape index (κ2) is 4.81. The Labute approximate surface area is 96.8 Å². The molecule has 0 bridgehead atoms. The third-order valence-corrected chi connectivity index (χ3v) is 3.60. The number of ketones is 1. The van der Waals surface area contributed by atoms with Crippen molar-refractivity contribution >= 4 is 5.78 Å². The predicted molar refractivity (Wildman–Crippen MR) is 63.5 cm³/mol. The summed E-state index contributed by atoms with van der Waals surface area (Å²) in [5.74, 6) is 1.04. The average molecular weight is 220 g/mol. The normalized spacial score (nSPS) is 25.6. The Morgan fingerprint density at radius 1 is 1.44 bits per heavy atom. The van der Waals surface area contributed by atoms with Crippen LogP contribution in [0.15, 0.2) is 12.4 Å². The third-order valence-electron chi connectivity index (χ3n) is 3.60. The van der Waals surface area contributed by atoms with E-state index < -0.39 is 0 Å². The van der Waals surface area contributed by atoms with Gasteiger partial charge in [-0.2, -0.15) is 5.10 Å². The molecule has 3 nitrogen and oxygen atoms in total. The third kappa shape index (κ3) is 2.34.